The minimum Gasteiger partial charge on any atom is -0.394 e. The molecule has 24 heavy (non-hydrogen) atoms. The molecule has 0 atom stereocenters. The molecular weight excluding hydrogens is 472 g/mol. The van der Waals surface area contributed by atoms with Crippen molar-refractivity contribution in [2.45, 2.75) is 0 Å². The minimum atomic E-state index is -1.19. The Balaban J connectivity index is 0.000000405. The highest BCUT2D eigenvalue weighted by Crippen LogP contribution is 2.25. The number of halogens is 6. The summed E-state index contributed by atoms with van der Waals surface area (Å²) in [5.41, 5.74) is 3.41. The molecule has 0 fully saturated rings. The largest absolute Gasteiger partial charge is 0.394 e. The zero-order chi connectivity index (χ0) is 19.0. The van der Waals surface area contributed by atoms with E-state index in [9.17, 15) is 27.7 Å². The highest BCUT2D eigenvalue weighted by atomic mass is 79.9. The monoisotopic (exact) mass is 478 g/mol. The van der Waals surface area contributed by atoms with E-state index in [0.717, 1.165) is 24.3 Å². The predicted molar refractivity (Wildman–Crippen MR) is 84.4 cm³/mol. The fourth-order valence-corrected chi connectivity index (χ4v) is 2.07. The van der Waals surface area contributed by atoms with E-state index in [1.807, 2.05) is 0 Å². The number of nitro benzene ring substituents is 1. The molecule has 0 aliphatic heterocycles. The lowest BCUT2D eigenvalue weighted by atomic mass is 10.3. The van der Waals surface area contributed by atoms with Crippen molar-refractivity contribution in [3.05, 3.63) is 66.6 Å². The molecule has 0 aliphatic carbocycles. The van der Waals surface area contributed by atoms with Gasteiger partial charge in [0.25, 0.3) is 0 Å². The average Bonchev–Trinajstić information content (AvgIpc) is 2.46. The minimum absolute atomic E-state index is 0.128. The zero-order valence-electron chi connectivity index (χ0n) is 11.3. The maximum Gasteiger partial charge on any atom is 0.340 e. The van der Waals surface area contributed by atoms with Crippen molar-refractivity contribution in [3.8, 4) is 0 Å². The van der Waals surface area contributed by atoms with E-state index in [-0.39, 0.29) is 4.47 Å². The van der Waals surface area contributed by atoms with Crippen molar-refractivity contribution in [2.75, 3.05) is 5.73 Å². The Bertz CT molecular complexity index is 688. The summed E-state index contributed by atoms with van der Waals surface area (Å²) in [6.45, 7) is 0. The zero-order valence-corrected chi connectivity index (χ0v) is 14.5. The van der Waals surface area contributed by atoms with Crippen LogP contribution in [0.1, 0.15) is 0 Å². The summed E-state index contributed by atoms with van der Waals surface area (Å²) < 4.78 is 50.7. The fourth-order valence-electron chi connectivity index (χ4n) is 1.26. The molecule has 2 aromatic carbocycles. The maximum atomic E-state index is 12.7. The first-order valence-corrected chi connectivity index (χ1v) is 7.11. The molecule has 0 saturated carbocycles. The summed E-state index contributed by atoms with van der Waals surface area (Å²) >= 11 is 5.71. The van der Waals surface area contributed by atoms with Crippen molar-refractivity contribution < 1.29 is 33.0 Å². The number of benzene rings is 2. The highest BCUT2D eigenvalue weighted by molar-refractivity contribution is 9.10. The van der Waals surface area contributed by atoms with Crippen molar-refractivity contribution in [2.24, 2.45) is 0 Å². The molecule has 6 nitrogen and oxygen atoms in total. The molecule has 12 heteroatoms. The van der Waals surface area contributed by atoms with Crippen molar-refractivity contribution >= 4 is 43.2 Å². The molecule has 0 aromatic heterocycles. The number of hydrogen-bond donors (Lipinski definition) is 3. The first-order valence-electron chi connectivity index (χ1n) is 5.52. The molecule has 4 N–H and O–H groups in total. The van der Waals surface area contributed by atoms with Gasteiger partial charge in [0.1, 0.15) is 17.3 Å². The topological polar surface area (TPSA) is 110 Å². The van der Waals surface area contributed by atoms with Crippen LogP contribution < -0.4 is 5.73 Å². The average molecular weight is 480 g/mol. The van der Waals surface area contributed by atoms with Crippen LogP contribution in [-0.2, 0) is 0 Å². The third kappa shape index (κ3) is 6.39. The number of anilines is 1. The quantitative estimate of drug-likeness (QED) is 0.176. The number of nitrogens with two attached hydrogens (primary N) is 1. The standard InChI is InChI=1S/C6H2BrF2NO2.C6H4BrF2N.H2O2/c7-3-1-4(8)6(10(11)12)5(9)2-3;7-3-1-4(8)6(10)5(9)2-3;1-2/h1-2H;1-2H,10H2;1-2H. The Morgan fingerprint density at radius 3 is 1.46 bits per heavy atom. The molecule has 0 heterocycles. The Morgan fingerprint density at radius 2 is 1.17 bits per heavy atom. The Kier molecular flexibility index (Phi) is 9.43. The van der Waals surface area contributed by atoms with Gasteiger partial charge in [-0.1, -0.05) is 31.9 Å². The number of rotatable bonds is 1. The molecule has 2 rings (SSSR count). The lowest BCUT2D eigenvalue weighted by molar-refractivity contribution is -0.390. The third-order valence-electron chi connectivity index (χ3n) is 2.21. The summed E-state index contributed by atoms with van der Waals surface area (Å²) in [6, 6.07) is 3.89. The number of hydrogen-bond acceptors (Lipinski definition) is 5. The van der Waals surface area contributed by atoms with Gasteiger partial charge >= 0.3 is 5.69 Å². The maximum absolute atomic E-state index is 12.7. The van der Waals surface area contributed by atoms with Crippen molar-refractivity contribution in [3.63, 3.8) is 0 Å². The van der Waals surface area contributed by atoms with Gasteiger partial charge in [-0.15, -0.1) is 0 Å². The number of nitrogens with zero attached hydrogens (tertiary/aromatic N) is 1. The van der Waals surface area contributed by atoms with E-state index >= 15 is 0 Å². The molecule has 132 valence electrons. The van der Waals surface area contributed by atoms with Crippen LogP contribution >= 0.6 is 31.9 Å². The second kappa shape index (κ2) is 10.2. The summed E-state index contributed by atoms with van der Waals surface area (Å²) in [7, 11) is 0. The van der Waals surface area contributed by atoms with E-state index in [1.54, 1.807) is 0 Å². The first kappa shape index (κ1) is 22.2. The molecular formula is C12H8Br2F4N2O4. The molecule has 0 saturated heterocycles. The van der Waals surface area contributed by atoms with Gasteiger partial charge < -0.3 is 5.73 Å². The van der Waals surface area contributed by atoms with Crippen LogP contribution in [0.3, 0.4) is 0 Å². The van der Waals surface area contributed by atoms with Crippen molar-refractivity contribution in [1.29, 1.82) is 0 Å². The summed E-state index contributed by atoms with van der Waals surface area (Å²) in [5, 5.41) is 22.1. The Hall–Kier alpha value is -1.76. The predicted octanol–water partition coefficient (Wildman–Crippen LogP) is 4.96. The van der Waals surface area contributed by atoms with Crippen LogP contribution in [-0.4, -0.2) is 15.4 Å². The SMILES string of the molecule is Nc1c(F)cc(Br)cc1F.O=[N+]([O-])c1c(F)cc(Br)cc1F.OO. The summed E-state index contributed by atoms with van der Waals surface area (Å²) in [4.78, 5) is 8.96. The second-order valence-corrected chi connectivity index (χ2v) is 5.59. The number of nitro groups is 1. The van der Waals surface area contributed by atoms with Crippen LogP contribution in [0.4, 0.5) is 28.9 Å². The first-order chi connectivity index (χ1) is 11.1. The van der Waals surface area contributed by atoms with Crippen LogP contribution in [0.15, 0.2) is 33.2 Å². The highest BCUT2D eigenvalue weighted by Gasteiger charge is 2.20. The fraction of sp³-hybridized carbons (Fsp3) is 0. The van der Waals surface area contributed by atoms with Gasteiger partial charge in [-0.2, -0.15) is 8.78 Å². The van der Waals surface area contributed by atoms with Crippen LogP contribution in [0, 0.1) is 33.4 Å². The Labute approximate surface area is 148 Å². The van der Waals surface area contributed by atoms with Gasteiger partial charge in [0.05, 0.1) is 4.92 Å². The van der Waals surface area contributed by atoms with E-state index in [2.05, 4.69) is 31.9 Å². The van der Waals surface area contributed by atoms with Gasteiger partial charge in [-0.25, -0.2) is 8.78 Å². The second-order valence-electron chi connectivity index (χ2n) is 3.76. The van der Waals surface area contributed by atoms with Crippen LogP contribution in [0.5, 0.6) is 0 Å². The van der Waals surface area contributed by atoms with Gasteiger partial charge in [0.2, 0.25) is 11.6 Å². The number of nitrogen functional groups attached to an aromatic ring is 1. The van der Waals surface area contributed by atoms with Gasteiger partial charge in [-0.05, 0) is 24.3 Å². The Morgan fingerprint density at radius 1 is 0.875 bits per heavy atom. The molecule has 0 unspecified atom stereocenters. The van der Waals surface area contributed by atoms with Crippen LogP contribution in [0.2, 0.25) is 0 Å². The molecule has 0 bridgehead atoms. The van der Waals surface area contributed by atoms with E-state index < -0.39 is 39.6 Å². The van der Waals surface area contributed by atoms with Gasteiger partial charge in [0, 0.05) is 8.95 Å². The normalized spacial score (nSPS) is 9.33. The third-order valence-corrected chi connectivity index (χ3v) is 3.12. The molecule has 0 spiro atoms. The smallest absolute Gasteiger partial charge is 0.340 e. The van der Waals surface area contributed by atoms with E-state index in [0.29, 0.717) is 4.47 Å². The molecule has 0 aliphatic rings. The summed E-state index contributed by atoms with van der Waals surface area (Å²) in [5.74, 6) is -3.86. The van der Waals surface area contributed by atoms with E-state index in [1.165, 1.54) is 0 Å². The van der Waals surface area contributed by atoms with Gasteiger partial charge in [0.15, 0.2) is 0 Å². The van der Waals surface area contributed by atoms with Gasteiger partial charge in [-0.3, -0.25) is 20.6 Å². The lowest BCUT2D eigenvalue weighted by Crippen LogP contribution is -1.96. The van der Waals surface area contributed by atoms with Crippen LogP contribution in [0.25, 0.3) is 0 Å². The lowest BCUT2D eigenvalue weighted by Gasteiger charge is -1.97. The van der Waals surface area contributed by atoms with Crippen molar-refractivity contribution in [1.82, 2.24) is 0 Å². The molecule has 2 aromatic rings. The molecule has 0 amide bonds. The summed E-state index contributed by atoms with van der Waals surface area (Å²) in [6.07, 6.45) is 0. The molecule has 0 radical (unpaired) electrons. The van der Waals surface area contributed by atoms with E-state index in [4.69, 9.17) is 16.2 Å².